The van der Waals surface area contributed by atoms with Crippen molar-refractivity contribution < 1.29 is 4.79 Å². The van der Waals surface area contributed by atoms with Crippen LogP contribution < -0.4 is 11.1 Å². The van der Waals surface area contributed by atoms with Crippen molar-refractivity contribution in [3.8, 4) is 0 Å². The molecule has 0 aliphatic carbocycles. The minimum Gasteiger partial charge on any atom is -0.330 e. The van der Waals surface area contributed by atoms with Gasteiger partial charge in [0.15, 0.2) is 0 Å². The van der Waals surface area contributed by atoms with Crippen LogP contribution in [-0.2, 0) is 4.79 Å². The molecule has 21 heavy (non-hydrogen) atoms. The molecule has 118 valence electrons. The van der Waals surface area contributed by atoms with Crippen LogP contribution in [0.3, 0.4) is 0 Å². The molecule has 0 saturated carbocycles. The molecule has 1 heterocycles. The summed E-state index contributed by atoms with van der Waals surface area (Å²) in [5.41, 5.74) is 7.98. The summed E-state index contributed by atoms with van der Waals surface area (Å²) in [5, 5.41) is 2.99. The number of anilines is 1. The highest BCUT2D eigenvalue weighted by molar-refractivity contribution is 5.94. The lowest BCUT2D eigenvalue weighted by atomic mass is 9.90. The molecule has 1 aliphatic heterocycles. The average molecular weight is 312 g/mol. The van der Waals surface area contributed by atoms with Crippen LogP contribution in [-0.4, -0.2) is 36.5 Å². The molecule has 0 radical (unpaired) electrons. The SMILES string of the molecule is Cc1cccc(NC(=O)C(C)N2CCC(C)(CN)C2)c1.Cl. The normalized spacial score (nSPS) is 23.4. The van der Waals surface area contributed by atoms with E-state index in [1.54, 1.807) is 0 Å². The van der Waals surface area contributed by atoms with Crippen molar-refractivity contribution >= 4 is 24.0 Å². The zero-order valence-corrected chi connectivity index (χ0v) is 13.9. The van der Waals surface area contributed by atoms with E-state index in [1.807, 2.05) is 38.1 Å². The van der Waals surface area contributed by atoms with Crippen molar-refractivity contribution in [2.24, 2.45) is 11.1 Å². The molecular weight excluding hydrogens is 286 g/mol. The first kappa shape index (κ1) is 18.0. The van der Waals surface area contributed by atoms with Gasteiger partial charge in [0, 0.05) is 12.2 Å². The highest BCUT2D eigenvalue weighted by atomic mass is 35.5. The van der Waals surface area contributed by atoms with Gasteiger partial charge < -0.3 is 11.1 Å². The summed E-state index contributed by atoms with van der Waals surface area (Å²) < 4.78 is 0. The summed E-state index contributed by atoms with van der Waals surface area (Å²) in [5.74, 6) is 0.0527. The fourth-order valence-electron chi connectivity index (χ4n) is 2.69. The van der Waals surface area contributed by atoms with E-state index in [2.05, 4.69) is 17.1 Å². The smallest absolute Gasteiger partial charge is 0.241 e. The first-order valence-corrected chi connectivity index (χ1v) is 7.25. The van der Waals surface area contributed by atoms with Crippen LogP contribution in [0.2, 0.25) is 0 Å². The van der Waals surface area contributed by atoms with E-state index in [0.29, 0.717) is 6.54 Å². The van der Waals surface area contributed by atoms with Crippen molar-refractivity contribution in [3.05, 3.63) is 29.8 Å². The van der Waals surface area contributed by atoms with E-state index >= 15 is 0 Å². The molecule has 1 saturated heterocycles. The molecule has 1 amide bonds. The summed E-state index contributed by atoms with van der Waals surface area (Å²) in [6, 6.07) is 7.76. The third kappa shape index (κ3) is 4.43. The van der Waals surface area contributed by atoms with Crippen LogP contribution in [0.15, 0.2) is 24.3 Å². The molecule has 0 spiro atoms. The van der Waals surface area contributed by atoms with Crippen LogP contribution in [0.1, 0.15) is 25.8 Å². The van der Waals surface area contributed by atoms with Gasteiger partial charge in [0.05, 0.1) is 6.04 Å². The van der Waals surface area contributed by atoms with Crippen LogP contribution in [0.25, 0.3) is 0 Å². The van der Waals surface area contributed by atoms with Crippen LogP contribution in [0.5, 0.6) is 0 Å². The van der Waals surface area contributed by atoms with Gasteiger partial charge in [0.25, 0.3) is 0 Å². The molecule has 1 aliphatic rings. The zero-order chi connectivity index (χ0) is 14.8. The predicted molar refractivity (Wildman–Crippen MR) is 89.9 cm³/mol. The molecule has 1 aromatic carbocycles. The number of carbonyl (C=O) groups is 1. The van der Waals surface area contributed by atoms with Gasteiger partial charge in [-0.2, -0.15) is 0 Å². The molecule has 1 aromatic rings. The maximum atomic E-state index is 12.3. The molecule has 2 rings (SSSR count). The monoisotopic (exact) mass is 311 g/mol. The van der Waals surface area contributed by atoms with Crippen molar-refractivity contribution in [1.82, 2.24) is 4.90 Å². The number of aryl methyl sites for hydroxylation is 1. The fraction of sp³-hybridized carbons (Fsp3) is 0.562. The average Bonchev–Trinajstić information content (AvgIpc) is 2.81. The first-order chi connectivity index (χ1) is 9.43. The maximum Gasteiger partial charge on any atom is 0.241 e. The summed E-state index contributed by atoms with van der Waals surface area (Å²) in [4.78, 5) is 14.5. The number of hydrogen-bond donors (Lipinski definition) is 2. The van der Waals surface area contributed by atoms with Gasteiger partial charge in [0.1, 0.15) is 0 Å². The number of hydrogen-bond acceptors (Lipinski definition) is 3. The van der Waals surface area contributed by atoms with Gasteiger partial charge in [-0.15, -0.1) is 12.4 Å². The lowest BCUT2D eigenvalue weighted by molar-refractivity contribution is -0.120. The van der Waals surface area contributed by atoms with E-state index < -0.39 is 0 Å². The van der Waals surface area contributed by atoms with Crippen molar-refractivity contribution in [3.63, 3.8) is 0 Å². The van der Waals surface area contributed by atoms with Crippen LogP contribution in [0, 0.1) is 12.3 Å². The second kappa shape index (κ2) is 7.25. The minimum atomic E-state index is -0.121. The van der Waals surface area contributed by atoms with Gasteiger partial charge in [-0.1, -0.05) is 19.1 Å². The Morgan fingerprint density at radius 3 is 2.81 bits per heavy atom. The highest BCUT2D eigenvalue weighted by Gasteiger charge is 2.36. The Morgan fingerprint density at radius 2 is 2.24 bits per heavy atom. The molecule has 2 unspecified atom stereocenters. The van der Waals surface area contributed by atoms with Gasteiger partial charge >= 0.3 is 0 Å². The third-order valence-electron chi connectivity index (χ3n) is 4.29. The van der Waals surface area contributed by atoms with Crippen molar-refractivity contribution in [2.45, 2.75) is 33.2 Å². The second-order valence-electron chi connectivity index (χ2n) is 6.27. The van der Waals surface area contributed by atoms with Crippen LogP contribution >= 0.6 is 12.4 Å². The summed E-state index contributed by atoms with van der Waals surface area (Å²) in [6.45, 7) is 8.69. The Labute approximate surface area is 133 Å². The number of likely N-dealkylation sites (tertiary alicyclic amines) is 1. The molecular formula is C16H26ClN3O. The number of benzene rings is 1. The van der Waals surface area contributed by atoms with E-state index in [0.717, 1.165) is 30.8 Å². The zero-order valence-electron chi connectivity index (χ0n) is 13.1. The third-order valence-corrected chi connectivity index (χ3v) is 4.29. The number of nitrogens with two attached hydrogens (primary N) is 1. The Morgan fingerprint density at radius 1 is 1.52 bits per heavy atom. The predicted octanol–water partition coefficient (Wildman–Crippen LogP) is 2.41. The second-order valence-corrected chi connectivity index (χ2v) is 6.27. The lowest BCUT2D eigenvalue weighted by Crippen LogP contribution is -2.42. The van der Waals surface area contributed by atoms with Gasteiger partial charge in [-0.25, -0.2) is 0 Å². The number of carbonyl (C=O) groups excluding carboxylic acids is 1. The van der Waals surface area contributed by atoms with Gasteiger partial charge in [-0.3, -0.25) is 9.69 Å². The summed E-state index contributed by atoms with van der Waals surface area (Å²) in [7, 11) is 0. The highest BCUT2D eigenvalue weighted by Crippen LogP contribution is 2.29. The Bertz CT molecular complexity index is 494. The fourth-order valence-corrected chi connectivity index (χ4v) is 2.69. The molecule has 0 aromatic heterocycles. The summed E-state index contributed by atoms with van der Waals surface area (Å²) >= 11 is 0. The van der Waals surface area contributed by atoms with E-state index in [9.17, 15) is 4.79 Å². The Kier molecular flexibility index (Phi) is 6.20. The molecule has 1 fully saturated rings. The van der Waals surface area contributed by atoms with E-state index in [1.165, 1.54) is 0 Å². The summed E-state index contributed by atoms with van der Waals surface area (Å²) in [6.07, 6.45) is 1.06. The van der Waals surface area contributed by atoms with Crippen LogP contribution in [0.4, 0.5) is 5.69 Å². The lowest BCUT2D eigenvalue weighted by Gasteiger charge is -2.26. The number of nitrogens with one attached hydrogen (secondary N) is 1. The Balaban J connectivity index is 0.00000220. The molecule has 2 atom stereocenters. The largest absolute Gasteiger partial charge is 0.330 e. The number of amides is 1. The van der Waals surface area contributed by atoms with E-state index in [-0.39, 0.29) is 29.8 Å². The first-order valence-electron chi connectivity index (χ1n) is 7.25. The topological polar surface area (TPSA) is 58.4 Å². The van der Waals surface area contributed by atoms with Gasteiger partial charge in [-0.05, 0) is 56.5 Å². The molecule has 0 bridgehead atoms. The van der Waals surface area contributed by atoms with Crippen molar-refractivity contribution in [2.75, 3.05) is 25.0 Å². The maximum absolute atomic E-state index is 12.3. The van der Waals surface area contributed by atoms with E-state index in [4.69, 9.17) is 5.73 Å². The van der Waals surface area contributed by atoms with Gasteiger partial charge in [0.2, 0.25) is 5.91 Å². The number of nitrogens with zero attached hydrogens (tertiary/aromatic N) is 1. The standard InChI is InChI=1S/C16H25N3O.ClH/c1-12-5-4-6-14(9-12)18-15(20)13(2)19-8-7-16(3,10-17)11-19;/h4-6,9,13H,7-8,10-11,17H2,1-3H3,(H,18,20);1H. The number of halogens is 1. The number of rotatable bonds is 4. The Hall–Kier alpha value is -1.10. The molecule has 5 heteroatoms. The minimum absolute atomic E-state index is 0. The molecule has 3 N–H and O–H groups in total. The van der Waals surface area contributed by atoms with Crippen molar-refractivity contribution in [1.29, 1.82) is 0 Å². The molecule has 4 nitrogen and oxygen atoms in total. The quantitative estimate of drug-likeness (QED) is 0.898.